The number of hydrogen-bond donors (Lipinski definition) is 2. The summed E-state index contributed by atoms with van der Waals surface area (Å²) in [7, 11) is 1.94. The van der Waals surface area contributed by atoms with Crippen LogP contribution < -0.4 is 10.6 Å². The molecule has 1 heterocycles. The van der Waals surface area contributed by atoms with E-state index in [2.05, 4.69) is 22.3 Å². The first-order valence-electron chi connectivity index (χ1n) is 6.40. The average Bonchev–Trinajstić information content (AvgIpc) is 2.52. The quantitative estimate of drug-likeness (QED) is 0.376. The maximum absolute atomic E-state index is 8.82. The summed E-state index contributed by atoms with van der Waals surface area (Å²) in [6, 6.07) is 13.8. The second-order valence-electron chi connectivity index (χ2n) is 4.52. The average molecular weight is 270 g/mol. The summed E-state index contributed by atoms with van der Waals surface area (Å²) in [4.78, 5) is 6.31. The van der Waals surface area contributed by atoms with Gasteiger partial charge in [-0.2, -0.15) is 0 Å². The standard InChI is InChI=1S/C15H18N4O/c1-19(11-9-12-6-3-2-4-7-12)15-13(14(16)18-20)8-5-10-17-15/h2-8,10,20H,9,11H2,1H3,(H2,16,18). The number of anilines is 1. The summed E-state index contributed by atoms with van der Waals surface area (Å²) in [5, 5.41) is 11.9. The van der Waals surface area contributed by atoms with Crippen molar-refractivity contribution in [2.75, 3.05) is 18.5 Å². The van der Waals surface area contributed by atoms with Crippen LogP contribution in [0, 0.1) is 0 Å². The second kappa shape index (κ2) is 6.56. The number of hydrogen-bond acceptors (Lipinski definition) is 4. The summed E-state index contributed by atoms with van der Waals surface area (Å²) >= 11 is 0. The first-order valence-corrected chi connectivity index (χ1v) is 6.40. The largest absolute Gasteiger partial charge is 0.409 e. The van der Waals surface area contributed by atoms with Gasteiger partial charge in [-0.05, 0) is 24.1 Å². The van der Waals surface area contributed by atoms with Gasteiger partial charge < -0.3 is 15.8 Å². The molecule has 1 aromatic heterocycles. The lowest BCUT2D eigenvalue weighted by Gasteiger charge is -2.20. The van der Waals surface area contributed by atoms with Gasteiger partial charge in [-0.15, -0.1) is 0 Å². The molecule has 1 aromatic carbocycles. The fourth-order valence-corrected chi connectivity index (χ4v) is 2.00. The fourth-order valence-electron chi connectivity index (χ4n) is 2.00. The zero-order valence-corrected chi connectivity index (χ0v) is 11.4. The highest BCUT2D eigenvalue weighted by Gasteiger charge is 2.11. The number of pyridine rings is 1. The third kappa shape index (κ3) is 3.26. The van der Waals surface area contributed by atoms with Crippen LogP contribution in [0.25, 0.3) is 0 Å². The van der Waals surface area contributed by atoms with E-state index in [9.17, 15) is 0 Å². The number of likely N-dealkylation sites (N-methyl/N-ethyl adjacent to an activating group) is 1. The smallest absolute Gasteiger partial charge is 0.173 e. The summed E-state index contributed by atoms with van der Waals surface area (Å²) < 4.78 is 0. The Labute approximate surface area is 118 Å². The third-order valence-corrected chi connectivity index (χ3v) is 3.11. The lowest BCUT2D eigenvalue weighted by Crippen LogP contribution is -2.26. The topological polar surface area (TPSA) is 74.7 Å². The number of rotatable bonds is 5. The normalized spacial score (nSPS) is 11.3. The molecule has 0 aliphatic rings. The zero-order chi connectivity index (χ0) is 14.4. The molecule has 0 spiro atoms. The van der Waals surface area contributed by atoms with Crippen LogP contribution in [0.2, 0.25) is 0 Å². The van der Waals surface area contributed by atoms with Crippen molar-refractivity contribution in [1.29, 1.82) is 0 Å². The Morgan fingerprint density at radius 3 is 2.70 bits per heavy atom. The van der Waals surface area contributed by atoms with Crippen molar-refractivity contribution in [3.8, 4) is 0 Å². The van der Waals surface area contributed by atoms with Gasteiger partial charge in [0, 0.05) is 19.8 Å². The Bertz CT molecular complexity index is 583. The van der Waals surface area contributed by atoms with Crippen molar-refractivity contribution in [2.45, 2.75) is 6.42 Å². The molecule has 2 rings (SSSR count). The van der Waals surface area contributed by atoms with Gasteiger partial charge in [-0.1, -0.05) is 35.5 Å². The molecule has 0 aliphatic carbocycles. The maximum Gasteiger partial charge on any atom is 0.173 e. The van der Waals surface area contributed by atoms with Crippen LogP contribution in [0.5, 0.6) is 0 Å². The predicted octanol–water partition coefficient (Wildman–Crippen LogP) is 1.85. The van der Waals surface area contributed by atoms with E-state index in [1.165, 1.54) is 5.56 Å². The molecule has 0 amide bonds. The van der Waals surface area contributed by atoms with E-state index in [4.69, 9.17) is 10.9 Å². The molecule has 3 N–H and O–H groups in total. The fraction of sp³-hybridized carbons (Fsp3) is 0.200. The minimum atomic E-state index is 0.0691. The first kappa shape index (κ1) is 13.9. The van der Waals surface area contributed by atoms with Crippen molar-refractivity contribution in [3.05, 3.63) is 59.8 Å². The van der Waals surface area contributed by atoms with Gasteiger partial charge in [0.05, 0.1) is 5.56 Å². The monoisotopic (exact) mass is 270 g/mol. The van der Waals surface area contributed by atoms with Crippen LogP contribution in [0.3, 0.4) is 0 Å². The van der Waals surface area contributed by atoms with Gasteiger partial charge in [0.2, 0.25) is 0 Å². The Morgan fingerprint density at radius 2 is 2.00 bits per heavy atom. The minimum Gasteiger partial charge on any atom is -0.409 e. The molecule has 0 radical (unpaired) electrons. The molecule has 0 bridgehead atoms. The third-order valence-electron chi connectivity index (χ3n) is 3.11. The van der Waals surface area contributed by atoms with Crippen LogP contribution in [-0.4, -0.2) is 29.6 Å². The molecular weight excluding hydrogens is 252 g/mol. The van der Waals surface area contributed by atoms with E-state index >= 15 is 0 Å². The molecule has 20 heavy (non-hydrogen) atoms. The number of aromatic nitrogens is 1. The Hall–Kier alpha value is -2.56. The van der Waals surface area contributed by atoms with Crippen LogP contribution >= 0.6 is 0 Å². The SMILES string of the molecule is CN(CCc1ccccc1)c1ncccc1C(N)=NO. The molecule has 0 saturated carbocycles. The van der Waals surface area contributed by atoms with Crippen LogP contribution in [-0.2, 0) is 6.42 Å². The molecule has 5 nitrogen and oxygen atoms in total. The highest BCUT2D eigenvalue weighted by atomic mass is 16.4. The molecular formula is C15H18N4O. The van der Waals surface area contributed by atoms with Crippen LogP contribution in [0.15, 0.2) is 53.8 Å². The summed E-state index contributed by atoms with van der Waals surface area (Å²) in [6.07, 6.45) is 2.60. The number of benzene rings is 1. The first-order chi connectivity index (χ1) is 9.72. The number of amidine groups is 1. The van der Waals surface area contributed by atoms with Gasteiger partial charge in [-0.25, -0.2) is 4.98 Å². The number of nitrogens with zero attached hydrogens (tertiary/aromatic N) is 3. The molecule has 0 aliphatic heterocycles. The van der Waals surface area contributed by atoms with Crippen molar-refractivity contribution < 1.29 is 5.21 Å². The van der Waals surface area contributed by atoms with E-state index in [0.29, 0.717) is 11.4 Å². The van der Waals surface area contributed by atoms with Crippen molar-refractivity contribution >= 4 is 11.7 Å². The molecule has 0 fully saturated rings. The Morgan fingerprint density at radius 1 is 1.25 bits per heavy atom. The van der Waals surface area contributed by atoms with E-state index in [0.717, 1.165) is 13.0 Å². The highest BCUT2D eigenvalue weighted by molar-refractivity contribution is 6.01. The molecule has 5 heteroatoms. The molecule has 0 atom stereocenters. The Balaban J connectivity index is 2.11. The van der Waals surface area contributed by atoms with Crippen molar-refractivity contribution in [1.82, 2.24) is 4.98 Å². The van der Waals surface area contributed by atoms with Crippen LogP contribution in [0.1, 0.15) is 11.1 Å². The van der Waals surface area contributed by atoms with E-state index in [1.807, 2.05) is 30.1 Å². The zero-order valence-electron chi connectivity index (χ0n) is 11.4. The van der Waals surface area contributed by atoms with Crippen molar-refractivity contribution in [2.24, 2.45) is 10.9 Å². The number of nitrogens with two attached hydrogens (primary N) is 1. The van der Waals surface area contributed by atoms with Crippen molar-refractivity contribution in [3.63, 3.8) is 0 Å². The van der Waals surface area contributed by atoms with Gasteiger partial charge in [0.25, 0.3) is 0 Å². The lowest BCUT2D eigenvalue weighted by atomic mass is 10.1. The number of oxime groups is 1. The van der Waals surface area contributed by atoms with E-state index in [-0.39, 0.29) is 5.84 Å². The molecule has 2 aromatic rings. The van der Waals surface area contributed by atoms with Gasteiger partial charge >= 0.3 is 0 Å². The summed E-state index contributed by atoms with van der Waals surface area (Å²) in [5.74, 6) is 0.776. The van der Waals surface area contributed by atoms with Crippen LogP contribution in [0.4, 0.5) is 5.82 Å². The Kier molecular flexibility index (Phi) is 4.55. The highest BCUT2D eigenvalue weighted by Crippen LogP contribution is 2.16. The van der Waals surface area contributed by atoms with Gasteiger partial charge in [-0.3, -0.25) is 0 Å². The van der Waals surface area contributed by atoms with Gasteiger partial charge in [0.15, 0.2) is 5.84 Å². The van der Waals surface area contributed by atoms with E-state index in [1.54, 1.807) is 18.3 Å². The minimum absolute atomic E-state index is 0.0691. The van der Waals surface area contributed by atoms with Gasteiger partial charge in [0.1, 0.15) is 5.82 Å². The molecule has 104 valence electrons. The molecule has 0 unspecified atom stereocenters. The molecule has 0 saturated heterocycles. The second-order valence-corrected chi connectivity index (χ2v) is 4.52. The summed E-state index contributed by atoms with van der Waals surface area (Å²) in [6.45, 7) is 0.798. The predicted molar refractivity (Wildman–Crippen MR) is 80.2 cm³/mol. The maximum atomic E-state index is 8.82. The lowest BCUT2D eigenvalue weighted by molar-refractivity contribution is 0.318. The van der Waals surface area contributed by atoms with E-state index < -0.39 is 0 Å². The summed E-state index contributed by atoms with van der Waals surface area (Å²) in [5.41, 5.74) is 7.57.